The van der Waals surface area contributed by atoms with Crippen LogP contribution >= 0.6 is 0 Å². The van der Waals surface area contributed by atoms with Crippen LogP contribution in [-0.4, -0.2) is 58.7 Å². The number of ketones is 1. The smallest absolute Gasteiger partial charge is 0.321 e. The molecule has 0 radical (unpaired) electrons. The number of methoxy groups -OCH3 is 1. The fourth-order valence-electron chi connectivity index (χ4n) is 6.26. The Kier molecular flexibility index (Phi) is 6.20. The molecule has 0 aromatic heterocycles. The van der Waals surface area contributed by atoms with Gasteiger partial charge in [-0.25, -0.2) is 0 Å². The summed E-state index contributed by atoms with van der Waals surface area (Å²) < 4.78 is 5.20. The van der Waals surface area contributed by atoms with E-state index in [1.165, 1.54) is 7.11 Å². The first-order valence-corrected chi connectivity index (χ1v) is 11.6. The number of benzene rings is 1. The summed E-state index contributed by atoms with van der Waals surface area (Å²) in [5.41, 5.74) is -0.262. The average Bonchev–Trinajstić information content (AvgIpc) is 3.07. The maximum Gasteiger partial charge on any atom is 0.321 e. The highest BCUT2D eigenvalue weighted by Crippen LogP contribution is 2.48. The van der Waals surface area contributed by atoms with Crippen molar-refractivity contribution in [1.29, 1.82) is 0 Å². The minimum atomic E-state index is -1.41. The Hall–Kier alpha value is -2.21. The summed E-state index contributed by atoms with van der Waals surface area (Å²) >= 11 is 0. The van der Waals surface area contributed by atoms with Gasteiger partial charge in [0.25, 0.3) is 0 Å². The van der Waals surface area contributed by atoms with Gasteiger partial charge in [0, 0.05) is 37.1 Å². The van der Waals surface area contributed by atoms with Crippen LogP contribution in [0.1, 0.15) is 64.4 Å². The van der Waals surface area contributed by atoms with Gasteiger partial charge in [0.05, 0.1) is 13.5 Å². The van der Waals surface area contributed by atoms with E-state index >= 15 is 0 Å². The van der Waals surface area contributed by atoms with Crippen molar-refractivity contribution in [1.82, 2.24) is 9.80 Å². The topological polar surface area (TPSA) is 66.9 Å². The van der Waals surface area contributed by atoms with Crippen molar-refractivity contribution in [2.24, 2.45) is 5.41 Å². The van der Waals surface area contributed by atoms with Crippen LogP contribution in [0.5, 0.6) is 0 Å². The molecule has 0 unspecified atom stereocenters. The first-order chi connectivity index (χ1) is 14.9. The number of amides is 1. The molecule has 0 saturated carbocycles. The fourth-order valence-corrected chi connectivity index (χ4v) is 6.26. The van der Waals surface area contributed by atoms with E-state index in [1.807, 2.05) is 23.1 Å². The standard InChI is InChI=1S/C25H34N2O4/c1-17-8-7-9-18(2)27(17)23(29)15-25(24(30)31-3)21-13-12-20(14-22(25)28)26(21)16-19-10-5-4-6-11-19/h4-6,10-11,17-18,20-21H,7-9,12-16H2,1-3H3/t17-,18-,20-,21-,25+/m1/s1. The van der Waals surface area contributed by atoms with Crippen LogP contribution in [-0.2, 0) is 25.7 Å². The monoisotopic (exact) mass is 426 g/mol. The van der Waals surface area contributed by atoms with E-state index in [4.69, 9.17) is 4.74 Å². The van der Waals surface area contributed by atoms with Crippen molar-refractivity contribution in [3.63, 3.8) is 0 Å². The van der Waals surface area contributed by atoms with E-state index in [2.05, 4.69) is 30.9 Å². The molecule has 6 nitrogen and oxygen atoms in total. The molecule has 0 aliphatic carbocycles. The molecule has 6 heteroatoms. The maximum absolute atomic E-state index is 13.5. The number of piperidine rings is 2. The predicted octanol–water partition coefficient (Wildman–Crippen LogP) is 3.33. The number of rotatable bonds is 5. The summed E-state index contributed by atoms with van der Waals surface area (Å²) in [6.07, 6.45) is 4.83. The number of fused-ring (bicyclic) bond motifs is 2. The molecule has 4 rings (SSSR count). The van der Waals surface area contributed by atoms with Crippen LogP contribution in [0, 0.1) is 5.41 Å². The highest BCUT2D eigenvalue weighted by molar-refractivity contribution is 6.08. The number of hydrogen-bond donors (Lipinski definition) is 0. The van der Waals surface area contributed by atoms with Gasteiger partial charge in [0.2, 0.25) is 5.91 Å². The summed E-state index contributed by atoms with van der Waals surface area (Å²) in [7, 11) is 1.33. The molecule has 0 N–H and O–H groups in total. The van der Waals surface area contributed by atoms with E-state index in [-0.39, 0.29) is 42.3 Å². The second-order valence-corrected chi connectivity index (χ2v) is 9.60. The lowest BCUT2D eigenvalue weighted by molar-refractivity contribution is -0.172. The summed E-state index contributed by atoms with van der Waals surface area (Å²) in [6.45, 7) is 4.80. The summed E-state index contributed by atoms with van der Waals surface area (Å²) in [4.78, 5) is 44.4. The van der Waals surface area contributed by atoms with E-state index < -0.39 is 11.4 Å². The van der Waals surface area contributed by atoms with Crippen molar-refractivity contribution in [2.75, 3.05) is 7.11 Å². The molecule has 1 aromatic carbocycles. The number of hydrogen-bond acceptors (Lipinski definition) is 5. The van der Waals surface area contributed by atoms with Crippen LogP contribution < -0.4 is 0 Å². The minimum absolute atomic E-state index is 0.0874. The number of Topliss-reactive ketones (excluding diaryl/α,β-unsaturated/α-hetero) is 1. The lowest BCUT2D eigenvalue weighted by Gasteiger charge is -2.47. The molecule has 3 saturated heterocycles. The van der Waals surface area contributed by atoms with E-state index in [0.29, 0.717) is 13.0 Å². The van der Waals surface area contributed by atoms with Crippen LogP contribution in [0.3, 0.4) is 0 Å². The van der Waals surface area contributed by atoms with Crippen LogP contribution in [0.25, 0.3) is 0 Å². The molecule has 3 fully saturated rings. The van der Waals surface area contributed by atoms with Gasteiger partial charge in [-0.3, -0.25) is 19.3 Å². The third kappa shape index (κ3) is 3.79. The van der Waals surface area contributed by atoms with Crippen LogP contribution in [0.4, 0.5) is 0 Å². The molecular weight excluding hydrogens is 392 g/mol. The summed E-state index contributed by atoms with van der Waals surface area (Å²) in [6, 6.07) is 10.2. The Bertz CT molecular complexity index is 831. The normalized spacial score (nSPS) is 33.4. The van der Waals surface area contributed by atoms with Gasteiger partial charge in [-0.05, 0) is 51.5 Å². The van der Waals surface area contributed by atoms with Crippen molar-refractivity contribution < 1.29 is 19.1 Å². The van der Waals surface area contributed by atoms with Crippen LogP contribution in [0.2, 0.25) is 0 Å². The largest absolute Gasteiger partial charge is 0.468 e. The Morgan fingerprint density at radius 3 is 2.39 bits per heavy atom. The molecule has 31 heavy (non-hydrogen) atoms. The van der Waals surface area contributed by atoms with Gasteiger partial charge in [0.1, 0.15) is 0 Å². The molecule has 0 spiro atoms. The zero-order valence-electron chi connectivity index (χ0n) is 18.9. The van der Waals surface area contributed by atoms with Crippen LogP contribution in [0.15, 0.2) is 30.3 Å². The third-order valence-electron chi connectivity index (χ3n) is 7.80. The highest BCUT2D eigenvalue weighted by Gasteiger charge is 2.62. The molecular formula is C25H34N2O4. The Balaban J connectivity index is 1.66. The second-order valence-electron chi connectivity index (χ2n) is 9.60. The zero-order chi connectivity index (χ0) is 22.2. The maximum atomic E-state index is 13.5. The Morgan fingerprint density at radius 2 is 1.74 bits per heavy atom. The number of esters is 1. The van der Waals surface area contributed by atoms with Crippen molar-refractivity contribution in [2.45, 2.75) is 89.5 Å². The van der Waals surface area contributed by atoms with Gasteiger partial charge in [0.15, 0.2) is 11.2 Å². The van der Waals surface area contributed by atoms with E-state index in [0.717, 1.165) is 37.7 Å². The van der Waals surface area contributed by atoms with Gasteiger partial charge in [-0.1, -0.05) is 30.3 Å². The minimum Gasteiger partial charge on any atom is -0.468 e. The molecule has 1 amide bonds. The number of carbonyl (C=O) groups is 3. The first kappa shape index (κ1) is 22.0. The van der Waals surface area contributed by atoms with E-state index in [9.17, 15) is 14.4 Å². The molecule has 3 aliphatic rings. The lowest BCUT2D eigenvalue weighted by atomic mass is 9.69. The average molecular weight is 427 g/mol. The lowest BCUT2D eigenvalue weighted by Crippen LogP contribution is -2.62. The molecule has 1 aromatic rings. The number of carbonyl (C=O) groups excluding carboxylic acids is 3. The Morgan fingerprint density at radius 1 is 1.06 bits per heavy atom. The quantitative estimate of drug-likeness (QED) is 0.534. The van der Waals surface area contributed by atoms with Gasteiger partial charge >= 0.3 is 5.97 Å². The summed E-state index contributed by atoms with van der Waals surface area (Å²) in [5.74, 6) is -0.767. The molecule has 2 bridgehead atoms. The number of ether oxygens (including phenoxy) is 1. The number of likely N-dealkylation sites (tertiary alicyclic amines) is 1. The number of nitrogens with zero attached hydrogens (tertiary/aromatic N) is 2. The van der Waals surface area contributed by atoms with Gasteiger partial charge in [-0.15, -0.1) is 0 Å². The third-order valence-corrected chi connectivity index (χ3v) is 7.80. The molecule has 3 aliphatic heterocycles. The first-order valence-electron chi connectivity index (χ1n) is 11.6. The predicted molar refractivity (Wildman–Crippen MR) is 117 cm³/mol. The highest BCUT2D eigenvalue weighted by atomic mass is 16.5. The zero-order valence-corrected chi connectivity index (χ0v) is 18.9. The van der Waals surface area contributed by atoms with Gasteiger partial charge in [-0.2, -0.15) is 0 Å². The summed E-state index contributed by atoms with van der Waals surface area (Å²) in [5, 5.41) is 0. The van der Waals surface area contributed by atoms with E-state index in [1.54, 1.807) is 0 Å². The molecule has 5 atom stereocenters. The van der Waals surface area contributed by atoms with Crippen molar-refractivity contribution >= 4 is 17.7 Å². The van der Waals surface area contributed by atoms with Crippen molar-refractivity contribution in [3.8, 4) is 0 Å². The van der Waals surface area contributed by atoms with Gasteiger partial charge < -0.3 is 9.64 Å². The molecule has 3 heterocycles. The second kappa shape index (κ2) is 8.73. The Labute approximate surface area is 184 Å². The molecule has 168 valence electrons. The fraction of sp³-hybridized carbons (Fsp3) is 0.640. The van der Waals surface area contributed by atoms with Crippen molar-refractivity contribution in [3.05, 3.63) is 35.9 Å². The SMILES string of the molecule is COC(=O)[C@]1(CC(=O)N2[C@H](C)CCC[C@H]2C)C(=O)C[C@H]2CC[C@H]1N2Cc1ccccc1.